The van der Waals surface area contributed by atoms with Gasteiger partial charge in [0.2, 0.25) is 5.91 Å². The van der Waals surface area contributed by atoms with Crippen molar-refractivity contribution < 1.29 is 14.0 Å². The average molecular weight is 391 g/mol. The van der Waals surface area contributed by atoms with E-state index in [9.17, 15) is 14.0 Å². The molecular weight excluding hydrogens is 371 g/mol. The molecule has 0 aliphatic heterocycles. The highest BCUT2D eigenvalue weighted by Crippen LogP contribution is 2.23. The Morgan fingerprint density at radius 2 is 1.74 bits per heavy atom. The van der Waals surface area contributed by atoms with Crippen LogP contribution in [0.25, 0.3) is 0 Å². The molecule has 1 unspecified atom stereocenters. The van der Waals surface area contributed by atoms with E-state index in [-0.39, 0.29) is 17.0 Å². The van der Waals surface area contributed by atoms with Crippen molar-refractivity contribution in [3.05, 3.63) is 53.3 Å². The van der Waals surface area contributed by atoms with Gasteiger partial charge in [-0.2, -0.15) is 0 Å². The molecule has 27 heavy (non-hydrogen) atoms. The zero-order chi connectivity index (χ0) is 19.4. The van der Waals surface area contributed by atoms with Gasteiger partial charge in [0.25, 0.3) is 0 Å². The summed E-state index contributed by atoms with van der Waals surface area (Å²) in [5.41, 5.74) is 1.72. The standard InChI is InChI=1S/C19H20ClFN4O2/c1-11(18(26)25-17-9-2-12(21)10-16(17)20)22-13-3-5-14(6-4-13)23-19(27)24-15-7-8-15/h2-6,9-11,15,22H,7-8H2,1H3,(H,25,26)(H2,23,24,27). The van der Waals surface area contributed by atoms with Crippen LogP contribution < -0.4 is 21.3 Å². The second-order valence-electron chi connectivity index (χ2n) is 6.43. The van der Waals surface area contributed by atoms with Crippen LogP contribution in [0.15, 0.2) is 42.5 Å². The van der Waals surface area contributed by atoms with E-state index in [1.807, 2.05) is 0 Å². The first-order chi connectivity index (χ1) is 12.9. The molecule has 0 aromatic heterocycles. The number of halogens is 2. The van der Waals surface area contributed by atoms with E-state index in [1.54, 1.807) is 31.2 Å². The third-order valence-corrected chi connectivity index (χ3v) is 4.33. The van der Waals surface area contributed by atoms with Crippen molar-refractivity contribution in [2.45, 2.75) is 31.8 Å². The number of carbonyl (C=O) groups excluding carboxylic acids is 2. The number of anilines is 3. The maximum Gasteiger partial charge on any atom is 0.319 e. The molecule has 3 amide bonds. The van der Waals surface area contributed by atoms with Gasteiger partial charge in [0, 0.05) is 17.4 Å². The summed E-state index contributed by atoms with van der Waals surface area (Å²) < 4.78 is 13.1. The molecule has 0 spiro atoms. The van der Waals surface area contributed by atoms with Crippen LogP contribution in [-0.2, 0) is 4.79 Å². The average Bonchev–Trinajstić information content (AvgIpc) is 3.42. The molecule has 1 saturated carbocycles. The largest absolute Gasteiger partial charge is 0.374 e. The van der Waals surface area contributed by atoms with Gasteiger partial charge >= 0.3 is 6.03 Å². The van der Waals surface area contributed by atoms with Crippen LogP contribution in [-0.4, -0.2) is 24.0 Å². The van der Waals surface area contributed by atoms with Crippen LogP contribution in [0.5, 0.6) is 0 Å². The molecule has 0 bridgehead atoms. The van der Waals surface area contributed by atoms with E-state index < -0.39 is 11.9 Å². The summed E-state index contributed by atoms with van der Waals surface area (Å²) in [4.78, 5) is 24.0. The Kier molecular flexibility index (Phi) is 5.81. The van der Waals surface area contributed by atoms with E-state index in [0.717, 1.165) is 24.6 Å². The minimum Gasteiger partial charge on any atom is -0.374 e. The summed E-state index contributed by atoms with van der Waals surface area (Å²) in [5, 5.41) is 11.4. The Labute approximate surface area is 161 Å². The molecule has 1 aliphatic carbocycles. The van der Waals surface area contributed by atoms with E-state index in [0.29, 0.717) is 17.4 Å². The number of hydrogen-bond donors (Lipinski definition) is 4. The monoisotopic (exact) mass is 390 g/mol. The van der Waals surface area contributed by atoms with Crippen molar-refractivity contribution in [3.63, 3.8) is 0 Å². The van der Waals surface area contributed by atoms with Gasteiger partial charge in [-0.25, -0.2) is 9.18 Å². The minimum atomic E-state index is -0.553. The molecule has 0 heterocycles. The van der Waals surface area contributed by atoms with Crippen molar-refractivity contribution in [2.75, 3.05) is 16.0 Å². The fourth-order valence-corrected chi connectivity index (χ4v) is 2.59. The lowest BCUT2D eigenvalue weighted by atomic mass is 10.2. The van der Waals surface area contributed by atoms with Gasteiger partial charge in [0.1, 0.15) is 11.9 Å². The van der Waals surface area contributed by atoms with Crippen molar-refractivity contribution >= 4 is 40.6 Å². The number of carbonyl (C=O) groups is 2. The summed E-state index contributed by atoms with van der Waals surface area (Å²) in [5.74, 6) is -0.779. The first kappa shape index (κ1) is 19.0. The number of benzene rings is 2. The van der Waals surface area contributed by atoms with Gasteiger partial charge in [-0.1, -0.05) is 11.6 Å². The molecule has 1 fully saturated rings. The van der Waals surface area contributed by atoms with Gasteiger partial charge in [-0.3, -0.25) is 4.79 Å². The number of hydrogen-bond acceptors (Lipinski definition) is 3. The van der Waals surface area contributed by atoms with E-state index in [1.165, 1.54) is 12.1 Å². The Morgan fingerprint density at radius 3 is 2.37 bits per heavy atom. The maximum atomic E-state index is 13.1. The predicted octanol–water partition coefficient (Wildman–Crippen LogP) is 4.20. The molecule has 6 nitrogen and oxygen atoms in total. The molecule has 0 saturated heterocycles. The zero-order valence-electron chi connectivity index (χ0n) is 14.7. The van der Waals surface area contributed by atoms with Crippen molar-refractivity contribution in [1.82, 2.24) is 5.32 Å². The van der Waals surface area contributed by atoms with Crippen LogP contribution >= 0.6 is 11.6 Å². The van der Waals surface area contributed by atoms with Crippen LogP contribution in [0.3, 0.4) is 0 Å². The fourth-order valence-electron chi connectivity index (χ4n) is 2.38. The van der Waals surface area contributed by atoms with E-state index in [4.69, 9.17) is 11.6 Å². The van der Waals surface area contributed by atoms with Crippen LogP contribution in [0.4, 0.5) is 26.2 Å². The highest BCUT2D eigenvalue weighted by Gasteiger charge is 2.23. The summed E-state index contributed by atoms with van der Waals surface area (Å²) in [6.45, 7) is 1.70. The lowest BCUT2D eigenvalue weighted by Crippen LogP contribution is -2.32. The minimum absolute atomic E-state index is 0.135. The number of urea groups is 1. The summed E-state index contributed by atoms with van der Waals surface area (Å²) in [6.07, 6.45) is 2.05. The van der Waals surface area contributed by atoms with Crippen LogP contribution in [0.2, 0.25) is 5.02 Å². The van der Waals surface area contributed by atoms with Gasteiger partial charge < -0.3 is 21.3 Å². The van der Waals surface area contributed by atoms with Crippen molar-refractivity contribution in [1.29, 1.82) is 0 Å². The summed E-state index contributed by atoms with van der Waals surface area (Å²) in [7, 11) is 0. The topological polar surface area (TPSA) is 82.3 Å². The Hall–Kier alpha value is -2.80. The molecule has 142 valence electrons. The quantitative estimate of drug-likeness (QED) is 0.596. The van der Waals surface area contributed by atoms with Gasteiger partial charge in [0.15, 0.2) is 0 Å². The predicted molar refractivity (Wildman–Crippen MR) is 105 cm³/mol. The van der Waals surface area contributed by atoms with Gasteiger partial charge in [0.05, 0.1) is 10.7 Å². The maximum absolute atomic E-state index is 13.1. The summed E-state index contributed by atoms with van der Waals surface area (Å²) in [6, 6.07) is 10.3. The van der Waals surface area contributed by atoms with Gasteiger partial charge in [-0.15, -0.1) is 0 Å². The molecule has 2 aromatic carbocycles. The summed E-state index contributed by atoms with van der Waals surface area (Å²) >= 11 is 5.92. The van der Waals surface area contributed by atoms with Gasteiger partial charge in [-0.05, 0) is 62.2 Å². The molecule has 4 N–H and O–H groups in total. The second kappa shape index (κ2) is 8.26. The molecule has 1 atom stereocenters. The first-order valence-corrected chi connectivity index (χ1v) is 8.98. The number of amides is 3. The molecular formula is C19H20ClFN4O2. The van der Waals surface area contributed by atoms with Crippen molar-refractivity contribution in [3.8, 4) is 0 Å². The third-order valence-electron chi connectivity index (χ3n) is 4.02. The SMILES string of the molecule is CC(Nc1ccc(NC(=O)NC2CC2)cc1)C(=O)Nc1ccc(F)cc1Cl. The molecule has 3 rings (SSSR count). The number of rotatable bonds is 6. The highest BCUT2D eigenvalue weighted by atomic mass is 35.5. The van der Waals surface area contributed by atoms with Crippen LogP contribution in [0, 0.1) is 5.82 Å². The van der Waals surface area contributed by atoms with Crippen molar-refractivity contribution in [2.24, 2.45) is 0 Å². The normalized spacial score (nSPS) is 14.2. The van der Waals surface area contributed by atoms with E-state index in [2.05, 4.69) is 21.3 Å². The highest BCUT2D eigenvalue weighted by molar-refractivity contribution is 6.33. The molecule has 1 aliphatic rings. The van der Waals surface area contributed by atoms with E-state index >= 15 is 0 Å². The molecule has 0 radical (unpaired) electrons. The third kappa shape index (κ3) is 5.59. The first-order valence-electron chi connectivity index (χ1n) is 8.61. The Balaban J connectivity index is 1.52. The molecule has 8 heteroatoms. The zero-order valence-corrected chi connectivity index (χ0v) is 15.4. The number of nitrogens with one attached hydrogen (secondary N) is 4. The van der Waals surface area contributed by atoms with Crippen LogP contribution in [0.1, 0.15) is 19.8 Å². The lowest BCUT2D eigenvalue weighted by molar-refractivity contribution is -0.116. The second-order valence-corrected chi connectivity index (χ2v) is 6.84. The molecule has 2 aromatic rings. The Bertz CT molecular complexity index is 840. The smallest absolute Gasteiger partial charge is 0.319 e. The lowest BCUT2D eigenvalue weighted by Gasteiger charge is -2.16. The fraction of sp³-hybridized carbons (Fsp3) is 0.263. The Morgan fingerprint density at radius 1 is 1.07 bits per heavy atom.